The van der Waals surface area contributed by atoms with E-state index in [9.17, 15) is 13.2 Å². The molecule has 112 valence electrons. The first kappa shape index (κ1) is 14.5. The molecule has 0 radical (unpaired) electrons. The molecule has 0 fully saturated rings. The second-order valence-corrected chi connectivity index (χ2v) is 7.10. The highest BCUT2D eigenvalue weighted by molar-refractivity contribution is 7.91. The Morgan fingerprint density at radius 2 is 1.64 bits per heavy atom. The molecule has 2 aromatic carbocycles. The maximum Gasteiger partial charge on any atom is 0.355 e. The summed E-state index contributed by atoms with van der Waals surface area (Å²) in [4.78, 5) is 11.8. The highest BCUT2D eigenvalue weighted by Gasteiger charge is 2.23. The summed E-state index contributed by atoms with van der Waals surface area (Å²) < 4.78 is 30.5. The van der Waals surface area contributed by atoms with Crippen molar-refractivity contribution in [3.63, 3.8) is 0 Å². The van der Waals surface area contributed by atoms with E-state index in [1.54, 1.807) is 36.4 Å². The molecule has 0 amide bonds. The van der Waals surface area contributed by atoms with E-state index in [-0.39, 0.29) is 9.79 Å². The number of hydrogen-bond acceptors (Lipinski definition) is 4. The second-order valence-electron chi connectivity index (χ2n) is 5.19. The van der Waals surface area contributed by atoms with E-state index in [4.69, 9.17) is 4.42 Å². The Bertz CT molecular complexity index is 1030. The molecule has 0 saturated carbocycles. The highest BCUT2D eigenvalue weighted by atomic mass is 32.2. The molecular formula is C17H14O4S. The van der Waals surface area contributed by atoms with Crippen molar-refractivity contribution < 1.29 is 12.8 Å². The Labute approximate surface area is 127 Å². The van der Waals surface area contributed by atoms with Gasteiger partial charge in [-0.05, 0) is 49.2 Å². The van der Waals surface area contributed by atoms with Crippen LogP contribution in [0.25, 0.3) is 11.0 Å². The van der Waals surface area contributed by atoms with Gasteiger partial charge in [0, 0.05) is 5.39 Å². The van der Waals surface area contributed by atoms with Crippen molar-refractivity contribution in [2.75, 3.05) is 0 Å². The molecule has 0 aliphatic heterocycles. The molecule has 1 heterocycles. The zero-order chi connectivity index (χ0) is 15.9. The average Bonchev–Trinajstić information content (AvgIpc) is 2.49. The summed E-state index contributed by atoms with van der Waals surface area (Å²) in [5.41, 5.74) is 1.36. The molecule has 0 bridgehead atoms. The van der Waals surface area contributed by atoms with Crippen LogP contribution in [0.2, 0.25) is 0 Å². The summed E-state index contributed by atoms with van der Waals surface area (Å²) in [6.45, 7) is 3.73. The average molecular weight is 314 g/mol. The molecule has 0 saturated heterocycles. The van der Waals surface area contributed by atoms with Crippen LogP contribution in [0.5, 0.6) is 0 Å². The maximum absolute atomic E-state index is 12.7. The summed E-state index contributed by atoms with van der Waals surface area (Å²) in [7, 11) is -3.91. The van der Waals surface area contributed by atoms with E-state index < -0.39 is 15.5 Å². The molecule has 0 spiro atoms. The molecule has 22 heavy (non-hydrogen) atoms. The minimum atomic E-state index is -3.91. The molecule has 0 atom stereocenters. The lowest BCUT2D eigenvalue weighted by Gasteiger charge is -2.07. The second kappa shape index (κ2) is 5.10. The zero-order valence-corrected chi connectivity index (χ0v) is 13.0. The van der Waals surface area contributed by atoms with Gasteiger partial charge >= 0.3 is 5.63 Å². The SMILES string of the molecule is Cc1ccc(S(=O)(=O)c2cc3ccccc3oc2=O)cc1C. The molecule has 1 aromatic heterocycles. The minimum absolute atomic E-state index is 0.0955. The monoisotopic (exact) mass is 314 g/mol. The summed E-state index contributed by atoms with van der Waals surface area (Å²) in [6, 6.07) is 13.0. The van der Waals surface area contributed by atoms with Gasteiger partial charge in [0.1, 0.15) is 5.58 Å². The van der Waals surface area contributed by atoms with Crippen LogP contribution in [-0.4, -0.2) is 8.42 Å². The molecule has 0 aliphatic rings. The Morgan fingerprint density at radius 3 is 2.36 bits per heavy atom. The van der Waals surface area contributed by atoms with Gasteiger partial charge < -0.3 is 4.42 Å². The number of sulfone groups is 1. The molecule has 0 aliphatic carbocycles. The van der Waals surface area contributed by atoms with Gasteiger partial charge in [-0.3, -0.25) is 0 Å². The van der Waals surface area contributed by atoms with E-state index in [1.165, 1.54) is 12.1 Å². The lowest BCUT2D eigenvalue weighted by molar-refractivity contribution is 0.532. The first-order chi connectivity index (χ1) is 10.4. The fourth-order valence-corrected chi connectivity index (χ4v) is 3.61. The first-order valence-electron chi connectivity index (χ1n) is 6.75. The van der Waals surface area contributed by atoms with Crippen LogP contribution in [0.4, 0.5) is 0 Å². The Kier molecular flexibility index (Phi) is 3.37. The largest absolute Gasteiger partial charge is 0.422 e. The van der Waals surface area contributed by atoms with Crippen LogP contribution in [0.3, 0.4) is 0 Å². The third kappa shape index (κ3) is 2.33. The van der Waals surface area contributed by atoms with Crippen LogP contribution in [0.15, 0.2) is 67.5 Å². The summed E-state index contributed by atoms with van der Waals surface area (Å²) in [5.74, 6) is 0. The van der Waals surface area contributed by atoms with Crippen molar-refractivity contribution in [1.29, 1.82) is 0 Å². The number of rotatable bonds is 2. The lowest BCUT2D eigenvalue weighted by atomic mass is 10.1. The number of hydrogen-bond donors (Lipinski definition) is 0. The Morgan fingerprint density at radius 1 is 0.909 bits per heavy atom. The lowest BCUT2D eigenvalue weighted by Crippen LogP contribution is -2.14. The summed E-state index contributed by atoms with van der Waals surface area (Å²) in [5, 5.41) is 0.574. The molecule has 0 unspecified atom stereocenters. The van der Waals surface area contributed by atoms with Gasteiger partial charge in [0.25, 0.3) is 0 Å². The van der Waals surface area contributed by atoms with Crippen LogP contribution < -0.4 is 5.63 Å². The molecule has 5 heteroatoms. The van der Waals surface area contributed by atoms with Gasteiger partial charge in [0.2, 0.25) is 9.84 Å². The topological polar surface area (TPSA) is 64.3 Å². The van der Waals surface area contributed by atoms with Gasteiger partial charge in [-0.25, -0.2) is 13.2 Å². The molecule has 3 aromatic rings. The van der Waals surface area contributed by atoms with Crippen molar-refractivity contribution in [3.05, 3.63) is 70.1 Å². The van der Waals surface area contributed by atoms with Gasteiger partial charge in [0.05, 0.1) is 4.90 Å². The third-order valence-electron chi connectivity index (χ3n) is 3.69. The molecule has 4 nitrogen and oxygen atoms in total. The Balaban J connectivity index is 2.26. The highest BCUT2D eigenvalue weighted by Crippen LogP contribution is 2.23. The van der Waals surface area contributed by atoms with Gasteiger partial charge in [-0.1, -0.05) is 24.3 Å². The predicted octanol–water partition coefficient (Wildman–Crippen LogP) is 3.24. The van der Waals surface area contributed by atoms with Crippen molar-refractivity contribution in [3.8, 4) is 0 Å². The molecular weight excluding hydrogens is 300 g/mol. The Hall–Kier alpha value is -2.40. The van der Waals surface area contributed by atoms with Crippen LogP contribution in [0, 0.1) is 13.8 Å². The first-order valence-corrected chi connectivity index (χ1v) is 8.23. The minimum Gasteiger partial charge on any atom is -0.422 e. The van der Waals surface area contributed by atoms with Crippen LogP contribution in [-0.2, 0) is 9.84 Å². The van der Waals surface area contributed by atoms with Crippen LogP contribution in [0.1, 0.15) is 11.1 Å². The molecule has 0 N–H and O–H groups in total. The van der Waals surface area contributed by atoms with Crippen LogP contribution >= 0.6 is 0 Å². The van der Waals surface area contributed by atoms with Gasteiger partial charge in [-0.2, -0.15) is 0 Å². The van der Waals surface area contributed by atoms with Gasteiger partial charge in [-0.15, -0.1) is 0 Å². The van der Waals surface area contributed by atoms with E-state index in [2.05, 4.69) is 0 Å². The van der Waals surface area contributed by atoms with Crippen molar-refractivity contribution in [1.82, 2.24) is 0 Å². The summed E-state index contributed by atoms with van der Waals surface area (Å²) >= 11 is 0. The molecule has 3 rings (SSSR count). The maximum atomic E-state index is 12.7. The fraction of sp³-hybridized carbons (Fsp3) is 0.118. The number of fused-ring (bicyclic) bond motifs is 1. The number of para-hydroxylation sites is 1. The summed E-state index contributed by atoms with van der Waals surface area (Å²) in [6.07, 6.45) is 0. The van der Waals surface area contributed by atoms with E-state index >= 15 is 0 Å². The van der Waals surface area contributed by atoms with Crippen molar-refractivity contribution in [2.45, 2.75) is 23.6 Å². The normalized spacial score (nSPS) is 11.7. The quantitative estimate of drug-likeness (QED) is 0.681. The fourth-order valence-electron chi connectivity index (χ4n) is 2.24. The van der Waals surface area contributed by atoms with E-state index in [0.29, 0.717) is 11.0 Å². The van der Waals surface area contributed by atoms with Crippen molar-refractivity contribution in [2.24, 2.45) is 0 Å². The third-order valence-corrected chi connectivity index (χ3v) is 5.43. The van der Waals surface area contributed by atoms with E-state index in [0.717, 1.165) is 11.1 Å². The smallest absolute Gasteiger partial charge is 0.355 e. The predicted molar refractivity (Wildman–Crippen MR) is 83.9 cm³/mol. The number of aryl methyl sites for hydroxylation is 2. The zero-order valence-electron chi connectivity index (χ0n) is 12.2. The number of benzene rings is 2. The van der Waals surface area contributed by atoms with E-state index in [1.807, 2.05) is 13.8 Å². The standard InChI is InChI=1S/C17H14O4S/c1-11-7-8-14(9-12(11)2)22(19,20)16-10-13-5-3-4-6-15(13)21-17(16)18/h3-10H,1-2H3. The van der Waals surface area contributed by atoms with Gasteiger partial charge in [0.15, 0.2) is 4.90 Å². The van der Waals surface area contributed by atoms with Crippen molar-refractivity contribution >= 4 is 20.8 Å².